The fourth-order valence-electron chi connectivity index (χ4n) is 3.91. The van der Waals surface area contributed by atoms with Gasteiger partial charge in [-0.3, -0.25) is 9.36 Å². The molecule has 0 bridgehead atoms. The molecule has 3 heterocycles. The molecule has 32 heavy (non-hydrogen) atoms. The lowest BCUT2D eigenvalue weighted by Gasteiger charge is -2.30. The van der Waals surface area contributed by atoms with Crippen molar-refractivity contribution >= 4 is 17.7 Å². The van der Waals surface area contributed by atoms with Gasteiger partial charge in [0.05, 0.1) is 18.6 Å². The minimum Gasteiger partial charge on any atom is -0.485 e. The average Bonchev–Trinajstić information content (AvgIpc) is 3.43. The summed E-state index contributed by atoms with van der Waals surface area (Å²) in [6.45, 7) is 8.78. The van der Waals surface area contributed by atoms with Gasteiger partial charge in [-0.2, -0.15) is 0 Å². The van der Waals surface area contributed by atoms with Crippen LogP contribution in [0.15, 0.2) is 46.2 Å². The number of carbonyl (C=O) groups is 1. The van der Waals surface area contributed by atoms with E-state index in [1.807, 2.05) is 40.7 Å². The van der Waals surface area contributed by atoms with E-state index in [1.54, 1.807) is 6.26 Å². The van der Waals surface area contributed by atoms with Crippen molar-refractivity contribution in [2.24, 2.45) is 5.92 Å². The van der Waals surface area contributed by atoms with Crippen LogP contribution >= 0.6 is 11.8 Å². The van der Waals surface area contributed by atoms with Gasteiger partial charge < -0.3 is 14.1 Å². The van der Waals surface area contributed by atoms with Crippen LogP contribution in [-0.4, -0.2) is 44.4 Å². The van der Waals surface area contributed by atoms with E-state index >= 15 is 0 Å². The normalized spacial score (nSPS) is 16.3. The molecular formula is C24H30N4O3S. The number of thioether (sulfide) groups is 1. The Kier molecular flexibility index (Phi) is 7.19. The van der Waals surface area contributed by atoms with Gasteiger partial charge in [-0.15, -0.1) is 10.2 Å². The number of hydrogen-bond acceptors (Lipinski definition) is 6. The molecule has 0 aliphatic carbocycles. The molecule has 7 nitrogen and oxygen atoms in total. The highest BCUT2D eigenvalue weighted by Crippen LogP contribution is 2.24. The number of furan rings is 1. The number of aryl methyl sites for hydroxylation is 1. The molecule has 1 amide bonds. The fourth-order valence-corrected chi connectivity index (χ4v) is 4.77. The summed E-state index contributed by atoms with van der Waals surface area (Å²) < 4.78 is 13.6. The molecule has 170 valence electrons. The van der Waals surface area contributed by atoms with Crippen molar-refractivity contribution in [1.29, 1.82) is 0 Å². The summed E-state index contributed by atoms with van der Waals surface area (Å²) in [6, 6.07) is 9.80. The zero-order chi connectivity index (χ0) is 22.5. The minimum atomic E-state index is 0.155. The van der Waals surface area contributed by atoms with Gasteiger partial charge in [0.2, 0.25) is 5.91 Å². The number of benzene rings is 1. The number of nitrogens with zero attached hydrogens (tertiary/aromatic N) is 4. The van der Waals surface area contributed by atoms with Crippen molar-refractivity contribution in [2.75, 3.05) is 18.8 Å². The van der Waals surface area contributed by atoms with Crippen LogP contribution in [0.4, 0.5) is 0 Å². The number of likely N-dealkylation sites (tertiary alicyclic amines) is 1. The molecule has 1 aliphatic heterocycles. The van der Waals surface area contributed by atoms with Crippen molar-refractivity contribution in [1.82, 2.24) is 19.7 Å². The summed E-state index contributed by atoms with van der Waals surface area (Å²) in [5, 5.41) is 9.43. The van der Waals surface area contributed by atoms with E-state index in [0.717, 1.165) is 36.6 Å². The molecule has 0 spiro atoms. The van der Waals surface area contributed by atoms with Crippen molar-refractivity contribution in [3.05, 3.63) is 59.3 Å². The number of amides is 1. The number of ether oxygens (including phenoxy) is 1. The summed E-state index contributed by atoms with van der Waals surface area (Å²) in [5.74, 6) is 3.40. The zero-order valence-electron chi connectivity index (χ0n) is 18.9. The molecule has 0 unspecified atom stereocenters. The van der Waals surface area contributed by atoms with Gasteiger partial charge in [-0.25, -0.2) is 0 Å². The van der Waals surface area contributed by atoms with Crippen LogP contribution in [0.2, 0.25) is 0 Å². The first-order chi connectivity index (χ1) is 15.5. The number of piperidine rings is 1. The van der Waals surface area contributed by atoms with Crippen LogP contribution in [-0.2, 0) is 17.9 Å². The lowest BCUT2D eigenvalue weighted by molar-refractivity contribution is -0.130. The topological polar surface area (TPSA) is 73.4 Å². The van der Waals surface area contributed by atoms with Crippen LogP contribution < -0.4 is 4.74 Å². The molecule has 4 rings (SSSR count). The minimum absolute atomic E-state index is 0.155. The standard InChI is InChI=1S/C24H30N4O3S/c1-17-7-5-11-27(13-17)23(29)16-32-24-26-25-22(28(24)14-20-9-6-12-30-20)15-31-21-10-4-8-18(2)19(21)3/h4,6,8-10,12,17H,5,7,11,13-16H2,1-3H3/t17-/m0/s1. The molecule has 8 heteroatoms. The monoisotopic (exact) mass is 454 g/mol. The smallest absolute Gasteiger partial charge is 0.233 e. The molecular weight excluding hydrogens is 424 g/mol. The van der Waals surface area contributed by atoms with Gasteiger partial charge in [-0.05, 0) is 61.9 Å². The Morgan fingerprint density at radius 3 is 2.91 bits per heavy atom. The highest BCUT2D eigenvalue weighted by Gasteiger charge is 2.22. The van der Waals surface area contributed by atoms with E-state index in [9.17, 15) is 4.79 Å². The molecule has 1 saturated heterocycles. The first-order valence-electron chi connectivity index (χ1n) is 11.1. The van der Waals surface area contributed by atoms with E-state index in [1.165, 1.54) is 23.7 Å². The summed E-state index contributed by atoms with van der Waals surface area (Å²) in [6.07, 6.45) is 3.92. The Labute approximate surface area is 193 Å². The maximum atomic E-state index is 12.7. The third-order valence-electron chi connectivity index (χ3n) is 5.93. The van der Waals surface area contributed by atoms with Crippen molar-refractivity contribution in [3.8, 4) is 5.75 Å². The van der Waals surface area contributed by atoms with Gasteiger partial charge in [0, 0.05) is 13.1 Å². The number of hydrogen-bond donors (Lipinski definition) is 0. The van der Waals surface area contributed by atoms with Crippen molar-refractivity contribution < 1.29 is 13.9 Å². The second kappa shape index (κ2) is 10.3. The Morgan fingerprint density at radius 1 is 1.25 bits per heavy atom. The number of carbonyl (C=O) groups excluding carboxylic acids is 1. The summed E-state index contributed by atoms with van der Waals surface area (Å²) in [4.78, 5) is 14.7. The fraction of sp³-hybridized carbons (Fsp3) is 0.458. The second-order valence-electron chi connectivity index (χ2n) is 8.43. The zero-order valence-corrected chi connectivity index (χ0v) is 19.7. The molecule has 1 aliphatic rings. The van der Waals surface area contributed by atoms with E-state index in [-0.39, 0.29) is 12.5 Å². The van der Waals surface area contributed by atoms with Gasteiger partial charge in [0.15, 0.2) is 11.0 Å². The van der Waals surface area contributed by atoms with Crippen LogP contribution in [0.3, 0.4) is 0 Å². The molecule has 2 aromatic heterocycles. The summed E-state index contributed by atoms with van der Waals surface area (Å²) in [7, 11) is 0. The van der Waals surface area contributed by atoms with Gasteiger partial charge in [0.1, 0.15) is 18.1 Å². The summed E-state index contributed by atoms with van der Waals surface area (Å²) in [5.41, 5.74) is 2.29. The predicted octanol–water partition coefficient (Wildman–Crippen LogP) is 4.47. The molecule has 0 radical (unpaired) electrons. The highest BCUT2D eigenvalue weighted by atomic mass is 32.2. The van der Waals surface area contributed by atoms with Crippen LogP contribution in [0.1, 0.15) is 42.5 Å². The molecule has 0 saturated carbocycles. The third-order valence-corrected chi connectivity index (χ3v) is 6.89. The maximum Gasteiger partial charge on any atom is 0.233 e. The quantitative estimate of drug-likeness (QED) is 0.468. The Hall–Kier alpha value is -2.74. The molecule has 1 fully saturated rings. The van der Waals surface area contributed by atoms with Crippen molar-refractivity contribution in [2.45, 2.75) is 51.9 Å². The van der Waals surface area contributed by atoms with E-state index < -0.39 is 0 Å². The number of rotatable bonds is 8. The Balaban J connectivity index is 1.47. The van der Waals surface area contributed by atoms with Gasteiger partial charge in [-0.1, -0.05) is 30.8 Å². The largest absolute Gasteiger partial charge is 0.485 e. The lowest BCUT2D eigenvalue weighted by atomic mass is 10.0. The first-order valence-corrected chi connectivity index (χ1v) is 12.0. The second-order valence-corrected chi connectivity index (χ2v) is 9.37. The van der Waals surface area contributed by atoms with Crippen molar-refractivity contribution in [3.63, 3.8) is 0 Å². The lowest BCUT2D eigenvalue weighted by Crippen LogP contribution is -2.40. The average molecular weight is 455 g/mol. The Morgan fingerprint density at radius 2 is 2.12 bits per heavy atom. The number of aromatic nitrogens is 3. The summed E-state index contributed by atoms with van der Waals surface area (Å²) >= 11 is 1.42. The van der Waals surface area contributed by atoms with E-state index in [4.69, 9.17) is 9.15 Å². The molecule has 0 N–H and O–H groups in total. The molecule has 1 atom stereocenters. The predicted molar refractivity (Wildman–Crippen MR) is 124 cm³/mol. The SMILES string of the molecule is Cc1cccc(OCc2nnc(SCC(=O)N3CCC[C@H](C)C3)n2Cc2ccco2)c1C. The molecule has 3 aromatic rings. The highest BCUT2D eigenvalue weighted by molar-refractivity contribution is 7.99. The van der Waals surface area contributed by atoms with E-state index in [0.29, 0.717) is 29.2 Å². The van der Waals surface area contributed by atoms with Gasteiger partial charge in [0.25, 0.3) is 0 Å². The molecule has 1 aromatic carbocycles. The van der Waals surface area contributed by atoms with Crippen LogP contribution in [0.25, 0.3) is 0 Å². The van der Waals surface area contributed by atoms with Crippen LogP contribution in [0.5, 0.6) is 5.75 Å². The first kappa shape index (κ1) is 22.5. The third kappa shape index (κ3) is 5.35. The van der Waals surface area contributed by atoms with Gasteiger partial charge >= 0.3 is 0 Å². The Bertz CT molecular complexity index is 1050. The van der Waals surface area contributed by atoms with Crippen LogP contribution in [0, 0.1) is 19.8 Å². The maximum absolute atomic E-state index is 12.7. The van der Waals surface area contributed by atoms with E-state index in [2.05, 4.69) is 30.1 Å².